The lowest BCUT2D eigenvalue weighted by Gasteiger charge is -2.38. The number of nitrogens with two attached hydrogens (primary N) is 1. The largest absolute Gasteiger partial charge is 0.382 e. The van der Waals surface area contributed by atoms with Crippen molar-refractivity contribution in [3.63, 3.8) is 0 Å². The predicted octanol–water partition coefficient (Wildman–Crippen LogP) is 2.66. The van der Waals surface area contributed by atoms with Gasteiger partial charge in [-0.05, 0) is 37.2 Å². The highest BCUT2D eigenvalue weighted by molar-refractivity contribution is 5.76. The molecule has 4 rings (SSSR count). The highest BCUT2D eigenvalue weighted by Crippen LogP contribution is 2.49. The molecule has 2 atom stereocenters. The van der Waals surface area contributed by atoms with E-state index in [1.807, 2.05) is 0 Å². The summed E-state index contributed by atoms with van der Waals surface area (Å²) in [6.07, 6.45) is 7.77. The molecule has 1 saturated heterocycles. The maximum atomic E-state index is 13.9. The Labute approximate surface area is 173 Å². The van der Waals surface area contributed by atoms with Gasteiger partial charge >= 0.3 is 6.03 Å². The molecule has 8 nitrogen and oxygen atoms in total. The maximum Gasteiger partial charge on any atom is 0.318 e. The van der Waals surface area contributed by atoms with Gasteiger partial charge in [0.05, 0.1) is 43.8 Å². The van der Waals surface area contributed by atoms with Crippen molar-refractivity contribution >= 4 is 11.7 Å². The molecular formula is C20H28F2N6O2. The van der Waals surface area contributed by atoms with Gasteiger partial charge in [-0.1, -0.05) is 6.92 Å². The van der Waals surface area contributed by atoms with Crippen LogP contribution in [0.3, 0.4) is 0 Å². The van der Waals surface area contributed by atoms with Crippen molar-refractivity contribution in [1.29, 1.82) is 0 Å². The third-order valence-electron chi connectivity index (χ3n) is 6.15. The van der Waals surface area contributed by atoms with Crippen LogP contribution in [-0.4, -0.2) is 58.3 Å². The van der Waals surface area contributed by atoms with Crippen molar-refractivity contribution in [2.24, 2.45) is 11.1 Å². The monoisotopic (exact) mass is 422 g/mol. The number of amides is 2. The average molecular weight is 422 g/mol. The number of halogens is 2. The second kappa shape index (κ2) is 7.73. The first kappa shape index (κ1) is 20.9. The number of alkyl halides is 2. The van der Waals surface area contributed by atoms with Gasteiger partial charge in [-0.15, -0.1) is 0 Å². The van der Waals surface area contributed by atoms with Gasteiger partial charge in [0.15, 0.2) is 5.65 Å². The number of urea groups is 1. The summed E-state index contributed by atoms with van der Waals surface area (Å²) in [5, 5.41) is 6.60. The number of hydrogen-bond acceptors (Lipinski definition) is 5. The van der Waals surface area contributed by atoms with Crippen molar-refractivity contribution in [3.05, 3.63) is 29.7 Å². The van der Waals surface area contributed by atoms with Crippen molar-refractivity contribution in [2.45, 2.75) is 50.6 Å². The number of methoxy groups -OCH3 is 1. The molecule has 2 amide bonds. The molecule has 30 heavy (non-hydrogen) atoms. The van der Waals surface area contributed by atoms with Crippen LogP contribution in [0.25, 0.3) is 5.65 Å². The van der Waals surface area contributed by atoms with Gasteiger partial charge in [-0.2, -0.15) is 5.10 Å². The van der Waals surface area contributed by atoms with Gasteiger partial charge in [-0.25, -0.2) is 23.1 Å². The van der Waals surface area contributed by atoms with E-state index in [0.717, 1.165) is 23.4 Å². The Hall–Kier alpha value is -2.33. The van der Waals surface area contributed by atoms with Crippen LogP contribution in [0.2, 0.25) is 0 Å². The molecule has 2 fully saturated rings. The summed E-state index contributed by atoms with van der Waals surface area (Å²) in [5.74, 6) is -3.01. The second-order valence-electron chi connectivity index (χ2n) is 8.83. The fourth-order valence-electron chi connectivity index (χ4n) is 3.85. The molecule has 1 saturated carbocycles. The van der Waals surface area contributed by atoms with E-state index in [-0.39, 0.29) is 12.6 Å². The van der Waals surface area contributed by atoms with Crippen LogP contribution >= 0.6 is 0 Å². The Balaban J connectivity index is 1.56. The number of imidazole rings is 1. The molecule has 1 aliphatic heterocycles. The van der Waals surface area contributed by atoms with Gasteiger partial charge in [0, 0.05) is 18.7 Å². The van der Waals surface area contributed by atoms with Crippen LogP contribution in [0.5, 0.6) is 0 Å². The zero-order valence-electron chi connectivity index (χ0n) is 17.3. The molecule has 1 aliphatic carbocycles. The molecular weight excluding hydrogens is 394 g/mol. The van der Waals surface area contributed by atoms with Gasteiger partial charge in [0.2, 0.25) is 0 Å². The number of carbonyl (C=O) groups is 1. The van der Waals surface area contributed by atoms with Crippen molar-refractivity contribution < 1.29 is 18.3 Å². The van der Waals surface area contributed by atoms with Crippen LogP contribution in [0, 0.1) is 5.41 Å². The summed E-state index contributed by atoms with van der Waals surface area (Å²) in [7, 11) is 1.46. The normalized spacial score (nSPS) is 22.0. The fourth-order valence-corrected chi connectivity index (χ4v) is 3.85. The number of hydrogen-bond donors (Lipinski definition) is 2. The van der Waals surface area contributed by atoms with Crippen LogP contribution in [0.1, 0.15) is 55.9 Å². The molecule has 10 heteroatoms. The standard InChI is InChI=1S/C20H28F2N6O2/c1-19(5-6-19)4-3-14(23)15-9-28-17(26-15)7-13(8-25-28)16(10-30-2)27-12-20(21,22)11-24-18(27)29/h7-9,14,16H,3-6,10-12,23H2,1-2H3,(H,24,29)/t14-,16+/m0/s1. The first-order chi connectivity index (χ1) is 14.2. The number of aromatic nitrogens is 3. The summed E-state index contributed by atoms with van der Waals surface area (Å²) in [5.41, 5.74) is 8.64. The number of nitrogens with one attached hydrogen (secondary N) is 1. The molecule has 2 aromatic heterocycles. The Kier molecular flexibility index (Phi) is 5.39. The molecule has 2 aromatic rings. The zero-order valence-corrected chi connectivity index (χ0v) is 17.3. The predicted molar refractivity (Wildman–Crippen MR) is 106 cm³/mol. The summed E-state index contributed by atoms with van der Waals surface area (Å²) in [6, 6.07) is 0.300. The van der Waals surface area contributed by atoms with E-state index >= 15 is 0 Å². The molecule has 2 aliphatic rings. The van der Waals surface area contributed by atoms with E-state index in [4.69, 9.17) is 10.5 Å². The lowest BCUT2D eigenvalue weighted by Crippen LogP contribution is -2.58. The molecule has 3 N–H and O–H groups in total. The van der Waals surface area contributed by atoms with Gasteiger partial charge in [0.1, 0.15) is 0 Å². The number of nitrogens with zero attached hydrogens (tertiary/aromatic N) is 4. The third-order valence-corrected chi connectivity index (χ3v) is 6.15. The highest BCUT2D eigenvalue weighted by atomic mass is 19.3. The van der Waals surface area contributed by atoms with Crippen LogP contribution < -0.4 is 11.1 Å². The summed E-state index contributed by atoms with van der Waals surface area (Å²) < 4.78 is 34.6. The quantitative estimate of drug-likeness (QED) is 0.682. The van der Waals surface area contributed by atoms with E-state index in [1.165, 1.54) is 20.0 Å². The van der Waals surface area contributed by atoms with Gasteiger partial charge in [0.25, 0.3) is 5.92 Å². The summed E-state index contributed by atoms with van der Waals surface area (Å²) in [6.45, 7) is 0.988. The third kappa shape index (κ3) is 4.39. The van der Waals surface area contributed by atoms with E-state index in [0.29, 0.717) is 16.6 Å². The number of carbonyl (C=O) groups excluding carboxylic acids is 1. The summed E-state index contributed by atoms with van der Waals surface area (Å²) in [4.78, 5) is 17.9. The molecule has 3 heterocycles. The average Bonchev–Trinajstić information content (AvgIpc) is 3.29. The Bertz CT molecular complexity index is 929. The molecule has 0 spiro atoms. The topological polar surface area (TPSA) is 97.8 Å². The minimum absolute atomic E-state index is 0.0625. The molecule has 0 unspecified atom stereocenters. The smallest absolute Gasteiger partial charge is 0.318 e. The van der Waals surface area contributed by atoms with Crippen molar-refractivity contribution in [3.8, 4) is 0 Å². The number of rotatable bonds is 8. The molecule has 164 valence electrons. The SMILES string of the molecule is COC[C@H](c1cnn2cc([C@@H](N)CCC3(C)CC3)nc2c1)N1CC(F)(F)CNC1=O. The summed E-state index contributed by atoms with van der Waals surface area (Å²) >= 11 is 0. The highest BCUT2D eigenvalue weighted by Gasteiger charge is 2.42. The number of ether oxygens (including phenoxy) is 1. The minimum atomic E-state index is -3.01. The molecule has 0 bridgehead atoms. The van der Waals surface area contributed by atoms with Crippen molar-refractivity contribution in [2.75, 3.05) is 26.8 Å². The Morgan fingerprint density at radius 3 is 2.87 bits per heavy atom. The fraction of sp³-hybridized carbons (Fsp3) is 0.650. The number of fused-ring (bicyclic) bond motifs is 1. The lowest BCUT2D eigenvalue weighted by molar-refractivity contribution is -0.0509. The first-order valence-corrected chi connectivity index (χ1v) is 10.2. The van der Waals surface area contributed by atoms with E-state index in [9.17, 15) is 13.6 Å². The lowest BCUT2D eigenvalue weighted by atomic mass is 9.98. The van der Waals surface area contributed by atoms with Gasteiger partial charge in [-0.3, -0.25) is 0 Å². The van der Waals surface area contributed by atoms with Crippen LogP contribution in [0.15, 0.2) is 18.5 Å². The Morgan fingerprint density at radius 1 is 1.40 bits per heavy atom. The minimum Gasteiger partial charge on any atom is -0.382 e. The van der Waals surface area contributed by atoms with E-state index < -0.39 is 31.1 Å². The van der Waals surface area contributed by atoms with E-state index in [2.05, 4.69) is 22.3 Å². The second-order valence-corrected chi connectivity index (χ2v) is 8.83. The van der Waals surface area contributed by atoms with Gasteiger partial charge < -0.3 is 20.7 Å². The maximum absolute atomic E-state index is 13.9. The van der Waals surface area contributed by atoms with Crippen LogP contribution in [-0.2, 0) is 4.74 Å². The molecule has 0 aromatic carbocycles. The van der Waals surface area contributed by atoms with Crippen LogP contribution in [0.4, 0.5) is 13.6 Å². The first-order valence-electron chi connectivity index (χ1n) is 10.2. The van der Waals surface area contributed by atoms with E-state index in [1.54, 1.807) is 23.0 Å². The Morgan fingerprint density at radius 2 is 2.17 bits per heavy atom. The molecule has 0 radical (unpaired) electrons. The van der Waals surface area contributed by atoms with Crippen molar-refractivity contribution in [1.82, 2.24) is 24.8 Å². The zero-order chi connectivity index (χ0) is 21.5.